The van der Waals surface area contributed by atoms with Crippen molar-refractivity contribution in [3.63, 3.8) is 0 Å². The van der Waals surface area contributed by atoms with Crippen LogP contribution in [0.3, 0.4) is 0 Å². The van der Waals surface area contributed by atoms with E-state index in [2.05, 4.69) is 19.2 Å². The summed E-state index contributed by atoms with van der Waals surface area (Å²) >= 11 is 5.97. The number of nitrogen functional groups attached to an aromatic ring is 1. The van der Waals surface area contributed by atoms with Crippen molar-refractivity contribution in [2.24, 2.45) is 11.3 Å². The van der Waals surface area contributed by atoms with E-state index in [0.717, 1.165) is 6.42 Å². The van der Waals surface area contributed by atoms with Crippen molar-refractivity contribution in [1.82, 2.24) is 5.32 Å². The molecule has 1 aliphatic carbocycles. The third-order valence-corrected chi connectivity index (χ3v) is 3.81. The van der Waals surface area contributed by atoms with Gasteiger partial charge in [-0.3, -0.25) is 4.79 Å². The minimum Gasteiger partial charge on any atom is -0.398 e. The van der Waals surface area contributed by atoms with Gasteiger partial charge in [0.1, 0.15) is 0 Å². The lowest BCUT2D eigenvalue weighted by Gasteiger charge is -2.09. The molecule has 0 bridgehead atoms. The van der Waals surface area contributed by atoms with Crippen LogP contribution in [0.25, 0.3) is 0 Å². The molecule has 2 rings (SSSR count). The number of carbonyl (C=O) groups is 1. The molecule has 1 aromatic carbocycles. The van der Waals surface area contributed by atoms with Crippen LogP contribution in [-0.2, 0) is 0 Å². The van der Waals surface area contributed by atoms with Crippen molar-refractivity contribution >= 4 is 23.2 Å². The van der Waals surface area contributed by atoms with E-state index < -0.39 is 0 Å². The first kappa shape index (κ1) is 12.2. The number of nitrogens with two attached hydrogens (primary N) is 1. The van der Waals surface area contributed by atoms with Crippen LogP contribution < -0.4 is 11.1 Å². The molecule has 3 nitrogen and oxygen atoms in total. The molecule has 3 N–H and O–H groups in total. The van der Waals surface area contributed by atoms with Crippen molar-refractivity contribution in [2.45, 2.75) is 20.3 Å². The molecule has 0 aliphatic heterocycles. The van der Waals surface area contributed by atoms with Crippen LogP contribution in [0.2, 0.25) is 5.02 Å². The van der Waals surface area contributed by atoms with Gasteiger partial charge >= 0.3 is 0 Å². The van der Waals surface area contributed by atoms with Crippen LogP contribution in [0.4, 0.5) is 5.69 Å². The summed E-state index contributed by atoms with van der Waals surface area (Å²) in [5.41, 5.74) is 6.92. The predicted molar refractivity (Wildman–Crippen MR) is 70.1 cm³/mol. The lowest BCUT2D eigenvalue weighted by atomic mass is 10.1. The largest absolute Gasteiger partial charge is 0.398 e. The zero-order valence-corrected chi connectivity index (χ0v) is 10.8. The molecule has 1 atom stereocenters. The molecule has 1 fully saturated rings. The molecule has 0 aromatic heterocycles. The predicted octanol–water partition coefficient (Wildman–Crippen LogP) is 2.70. The highest BCUT2D eigenvalue weighted by Gasteiger charge is 2.45. The molecule has 1 amide bonds. The van der Waals surface area contributed by atoms with E-state index in [0.29, 0.717) is 34.2 Å². The Labute approximate surface area is 106 Å². The molecule has 0 spiro atoms. The topological polar surface area (TPSA) is 55.1 Å². The molecule has 92 valence electrons. The summed E-state index contributed by atoms with van der Waals surface area (Å²) in [5, 5.41) is 3.30. The van der Waals surface area contributed by atoms with Crippen molar-refractivity contribution in [3.8, 4) is 0 Å². The summed E-state index contributed by atoms with van der Waals surface area (Å²) in [6.45, 7) is 5.10. The fourth-order valence-electron chi connectivity index (χ4n) is 2.01. The molecule has 0 saturated heterocycles. The highest BCUT2D eigenvalue weighted by molar-refractivity contribution is 6.34. The standard InChI is InChI=1S/C13H17ClN2O/c1-13(2)6-8(13)7-16-12(17)11-9(14)4-3-5-10(11)15/h3-5,8H,6-7,15H2,1-2H3,(H,16,17). The number of anilines is 1. The minimum absolute atomic E-state index is 0.184. The van der Waals surface area contributed by atoms with Crippen LogP contribution in [-0.4, -0.2) is 12.5 Å². The first-order chi connectivity index (χ1) is 7.92. The number of hydrogen-bond donors (Lipinski definition) is 2. The van der Waals surface area contributed by atoms with E-state index in [1.165, 1.54) is 0 Å². The van der Waals surface area contributed by atoms with Crippen molar-refractivity contribution in [3.05, 3.63) is 28.8 Å². The SMILES string of the molecule is CC1(C)CC1CNC(=O)c1c(N)cccc1Cl. The average molecular weight is 253 g/mol. The summed E-state index contributed by atoms with van der Waals surface area (Å²) in [6.07, 6.45) is 1.16. The van der Waals surface area contributed by atoms with Gasteiger partial charge in [0.2, 0.25) is 0 Å². The third kappa shape index (κ3) is 2.55. The number of benzene rings is 1. The Kier molecular flexibility index (Phi) is 3.04. The maximum absolute atomic E-state index is 12.0. The van der Waals surface area contributed by atoms with Gasteiger partial charge in [-0.05, 0) is 29.9 Å². The molecule has 0 radical (unpaired) electrons. The second kappa shape index (κ2) is 4.22. The van der Waals surface area contributed by atoms with Gasteiger partial charge < -0.3 is 11.1 Å². The smallest absolute Gasteiger partial charge is 0.254 e. The van der Waals surface area contributed by atoms with E-state index in [-0.39, 0.29) is 5.91 Å². The Hall–Kier alpha value is -1.22. The molecule has 1 unspecified atom stereocenters. The second-order valence-corrected chi connectivity index (χ2v) is 5.71. The highest BCUT2D eigenvalue weighted by atomic mass is 35.5. The number of rotatable bonds is 3. The van der Waals surface area contributed by atoms with Crippen LogP contribution in [0.15, 0.2) is 18.2 Å². The lowest BCUT2D eigenvalue weighted by Crippen LogP contribution is -2.27. The van der Waals surface area contributed by atoms with E-state index in [9.17, 15) is 4.79 Å². The summed E-state index contributed by atoms with van der Waals surface area (Å²) in [5.74, 6) is 0.381. The van der Waals surface area contributed by atoms with Crippen LogP contribution >= 0.6 is 11.6 Å². The molecule has 0 heterocycles. The van der Waals surface area contributed by atoms with Crippen LogP contribution in [0.1, 0.15) is 30.6 Å². The van der Waals surface area contributed by atoms with Crippen molar-refractivity contribution in [2.75, 3.05) is 12.3 Å². The fourth-order valence-corrected chi connectivity index (χ4v) is 2.28. The number of hydrogen-bond acceptors (Lipinski definition) is 2. The number of carbonyl (C=O) groups excluding carboxylic acids is 1. The lowest BCUT2D eigenvalue weighted by molar-refractivity contribution is 0.0951. The zero-order valence-electron chi connectivity index (χ0n) is 10.1. The first-order valence-electron chi connectivity index (χ1n) is 5.74. The van der Waals surface area contributed by atoms with Gasteiger partial charge in [0, 0.05) is 12.2 Å². The van der Waals surface area contributed by atoms with Gasteiger partial charge in [0.25, 0.3) is 5.91 Å². The normalized spacial score (nSPS) is 21.0. The number of nitrogens with one attached hydrogen (secondary N) is 1. The average Bonchev–Trinajstić information content (AvgIpc) is 2.83. The van der Waals surface area contributed by atoms with Gasteiger partial charge in [-0.15, -0.1) is 0 Å². The maximum atomic E-state index is 12.0. The molecule has 1 saturated carbocycles. The number of halogens is 1. The molecule has 1 aromatic rings. The monoisotopic (exact) mass is 252 g/mol. The fraction of sp³-hybridized carbons (Fsp3) is 0.462. The van der Waals surface area contributed by atoms with E-state index in [1.54, 1.807) is 18.2 Å². The summed E-state index contributed by atoms with van der Waals surface area (Å²) < 4.78 is 0. The van der Waals surface area contributed by atoms with Crippen molar-refractivity contribution < 1.29 is 4.79 Å². The molecule has 4 heteroatoms. The minimum atomic E-state index is -0.184. The Balaban J connectivity index is 2.01. The van der Waals surface area contributed by atoms with Crippen LogP contribution in [0.5, 0.6) is 0 Å². The summed E-state index contributed by atoms with van der Waals surface area (Å²) in [4.78, 5) is 12.0. The van der Waals surface area contributed by atoms with Crippen molar-refractivity contribution in [1.29, 1.82) is 0 Å². The Morgan fingerprint density at radius 3 is 2.76 bits per heavy atom. The first-order valence-corrected chi connectivity index (χ1v) is 6.12. The van der Waals surface area contributed by atoms with E-state index in [4.69, 9.17) is 17.3 Å². The maximum Gasteiger partial charge on any atom is 0.254 e. The molecule has 17 heavy (non-hydrogen) atoms. The second-order valence-electron chi connectivity index (χ2n) is 5.30. The molecular weight excluding hydrogens is 236 g/mol. The highest BCUT2D eigenvalue weighted by Crippen LogP contribution is 2.51. The summed E-state index contributed by atoms with van der Waals surface area (Å²) in [7, 11) is 0. The van der Waals surface area contributed by atoms with Gasteiger partial charge in [-0.25, -0.2) is 0 Å². The number of amides is 1. The molecule has 1 aliphatic rings. The van der Waals surface area contributed by atoms with Gasteiger partial charge in [-0.2, -0.15) is 0 Å². The Bertz CT molecular complexity index is 436. The van der Waals surface area contributed by atoms with Crippen LogP contribution in [0, 0.1) is 11.3 Å². The molecular formula is C13H17ClN2O. The summed E-state index contributed by atoms with van der Waals surface area (Å²) in [6, 6.07) is 5.09. The van der Waals surface area contributed by atoms with Gasteiger partial charge in [-0.1, -0.05) is 31.5 Å². The van der Waals surface area contributed by atoms with Gasteiger partial charge in [0.15, 0.2) is 0 Å². The Morgan fingerprint density at radius 1 is 1.59 bits per heavy atom. The van der Waals surface area contributed by atoms with E-state index in [1.807, 2.05) is 0 Å². The van der Waals surface area contributed by atoms with Gasteiger partial charge in [0.05, 0.1) is 10.6 Å². The third-order valence-electron chi connectivity index (χ3n) is 3.50. The van der Waals surface area contributed by atoms with E-state index >= 15 is 0 Å². The zero-order chi connectivity index (χ0) is 12.6. The Morgan fingerprint density at radius 2 is 2.24 bits per heavy atom. The quantitative estimate of drug-likeness (QED) is 0.813.